The van der Waals surface area contributed by atoms with Crippen LogP contribution >= 0.6 is 11.8 Å². The fourth-order valence-corrected chi connectivity index (χ4v) is 5.44. The van der Waals surface area contributed by atoms with Gasteiger partial charge in [-0.1, -0.05) is 57.4 Å². The zero-order valence-electron chi connectivity index (χ0n) is 25.2. The van der Waals surface area contributed by atoms with Crippen LogP contribution in [-0.2, 0) is 25.6 Å². The molecule has 0 saturated heterocycles. The van der Waals surface area contributed by atoms with Gasteiger partial charge < -0.3 is 24.5 Å². The van der Waals surface area contributed by atoms with E-state index in [0.29, 0.717) is 23.4 Å². The van der Waals surface area contributed by atoms with Crippen molar-refractivity contribution in [2.75, 3.05) is 19.5 Å². The summed E-state index contributed by atoms with van der Waals surface area (Å²) in [5, 5.41) is 0.278. The average molecular weight is 591 g/mol. The lowest BCUT2D eigenvalue weighted by atomic mass is 10.1. The molecule has 2 rings (SSSR count). The molecule has 0 aliphatic heterocycles. The highest BCUT2D eigenvalue weighted by atomic mass is 32.2. The zero-order chi connectivity index (χ0) is 30.4. The van der Waals surface area contributed by atoms with Crippen LogP contribution in [0.4, 0.5) is 4.79 Å². The second-order valence-corrected chi connectivity index (χ2v) is 12.2. The second-order valence-electron chi connectivity index (χ2n) is 11.2. The van der Waals surface area contributed by atoms with Crippen LogP contribution in [0.25, 0.3) is 10.9 Å². The number of hydrogen-bond donors (Lipinski definition) is 1. The number of hydrogen-bond acceptors (Lipinski definition) is 8. The normalized spacial score (nSPS) is 11.4. The van der Waals surface area contributed by atoms with Gasteiger partial charge in [0.05, 0.1) is 23.6 Å². The molecule has 0 unspecified atom stereocenters. The van der Waals surface area contributed by atoms with E-state index in [1.54, 1.807) is 32.9 Å². The first-order valence-corrected chi connectivity index (χ1v) is 15.5. The third kappa shape index (κ3) is 11.4. The largest absolute Gasteiger partial charge is 0.481 e. The van der Waals surface area contributed by atoms with Crippen molar-refractivity contribution in [1.29, 1.82) is 0 Å². The van der Waals surface area contributed by atoms with Crippen LogP contribution in [0.3, 0.4) is 0 Å². The van der Waals surface area contributed by atoms with E-state index in [1.807, 2.05) is 17.6 Å². The second kappa shape index (κ2) is 17.1. The summed E-state index contributed by atoms with van der Waals surface area (Å²) < 4.78 is 17.8. The smallest absolute Gasteiger partial charge is 0.367 e. The fraction of sp³-hybridized carbons (Fsp3) is 0.613. The maximum atomic E-state index is 12.8. The zero-order valence-corrected chi connectivity index (χ0v) is 26.0. The third-order valence-electron chi connectivity index (χ3n) is 6.69. The first kappa shape index (κ1) is 34.2. The van der Waals surface area contributed by atoms with Crippen LogP contribution in [0, 0.1) is 6.92 Å². The number of aryl methyl sites for hydroxylation is 1. The highest BCUT2D eigenvalue weighted by Crippen LogP contribution is 2.34. The number of methoxy groups -OCH3 is 1. The van der Waals surface area contributed by atoms with E-state index in [0.717, 1.165) is 43.4 Å². The van der Waals surface area contributed by atoms with Crippen LogP contribution in [0.15, 0.2) is 18.2 Å². The number of esters is 1. The molecule has 1 aromatic heterocycles. The molecule has 2 N–H and O–H groups in total. The van der Waals surface area contributed by atoms with Crippen molar-refractivity contribution in [1.82, 2.24) is 4.57 Å². The standard InChI is InChI=1S/C31H46N2O7S/c1-22-26(28(35)29(32)36)27-23(17-16-18-24(27)39-21-25(34)40-31(2,3)4)33(22)19-14-12-10-8-6-7-9-11-13-15-20-41-30(37)38-5/h16-18H,6-15,19-21H2,1-5H3,(H2,32,36). The molecule has 0 bridgehead atoms. The van der Waals surface area contributed by atoms with E-state index in [9.17, 15) is 19.2 Å². The Bertz CT molecular complexity index is 1180. The number of aromatic nitrogens is 1. The molecule has 0 atom stereocenters. The molecular weight excluding hydrogens is 544 g/mol. The van der Waals surface area contributed by atoms with Gasteiger partial charge in [-0.2, -0.15) is 0 Å². The summed E-state index contributed by atoms with van der Waals surface area (Å²) in [7, 11) is 1.41. The van der Waals surface area contributed by atoms with E-state index < -0.39 is 23.3 Å². The summed E-state index contributed by atoms with van der Waals surface area (Å²) in [5.74, 6) is -1.18. The first-order chi connectivity index (χ1) is 19.5. The number of carbonyl (C=O) groups excluding carboxylic acids is 4. The summed E-state index contributed by atoms with van der Waals surface area (Å²) in [6, 6.07) is 5.36. The molecular formula is C31H46N2O7S. The van der Waals surface area contributed by atoms with Crippen molar-refractivity contribution < 1.29 is 33.4 Å². The predicted molar refractivity (Wildman–Crippen MR) is 163 cm³/mol. The summed E-state index contributed by atoms with van der Waals surface area (Å²) >= 11 is 1.24. The molecule has 0 aliphatic carbocycles. The summed E-state index contributed by atoms with van der Waals surface area (Å²) in [5.41, 5.74) is 6.37. The SMILES string of the molecule is COC(=O)SCCCCCCCCCCCCn1c(C)c(C(=O)C(N)=O)c2c(OCC(=O)OC(C)(C)C)cccc21. The lowest BCUT2D eigenvalue weighted by Gasteiger charge is -2.19. The highest BCUT2D eigenvalue weighted by molar-refractivity contribution is 8.13. The van der Waals surface area contributed by atoms with Crippen molar-refractivity contribution in [3.8, 4) is 5.75 Å². The van der Waals surface area contributed by atoms with Crippen molar-refractivity contribution in [2.45, 2.75) is 104 Å². The Hall–Kier alpha value is -3.01. The van der Waals surface area contributed by atoms with Gasteiger partial charge >= 0.3 is 11.3 Å². The average Bonchev–Trinajstić information content (AvgIpc) is 3.19. The molecule has 0 saturated carbocycles. The van der Waals surface area contributed by atoms with Gasteiger partial charge in [-0.25, -0.2) is 9.59 Å². The van der Waals surface area contributed by atoms with Crippen LogP contribution in [0.5, 0.6) is 5.75 Å². The predicted octanol–water partition coefficient (Wildman–Crippen LogP) is 6.74. The van der Waals surface area contributed by atoms with Crippen molar-refractivity contribution in [3.63, 3.8) is 0 Å². The minimum Gasteiger partial charge on any atom is -0.481 e. The van der Waals surface area contributed by atoms with E-state index >= 15 is 0 Å². The first-order valence-electron chi connectivity index (χ1n) is 14.5. The number of Topliss-reactive ketones (excluding diaryl/α,β-unsaturated/α-hetero) is 1. The Kier molecular flexibility index (Phi) is 14.2. The molecule has 228 valence electrons. The van der Waals surface area contributed by atoms with E-state index in [2.05, 4.69) is 4.74 Å². The fourth-order valence-electron chi connectivity index (χ4n) is 4.81. The topological polar surface area (TPSA) is 127 Å². The van der Waals surface area contributed by atoms with E-state index in [-0.39, 0.29) is 17.5 Å². The number of unbranched alkanes of at least 4 members (excludes halogenated alkanes) is 9. The number of nitrogens with zero attached hydrogens (tertiary/aromatic N) is 1. The molecule has 0 aliphatic rings. The number of nitrogens with two attached hydrogens (primary N) is 1. The minimum atomic E-state index is -1.03. The van der Waals surface area contributed by atoms with Gasteiger partial charge in [0.1, 0.15) is 11.4 Å². The van der Waals surface area contributed by atoms with E-state index in [1.165, 1.54) is 51.0 Å². The lowest BCUT2D eigenvalue weighted by Crippen LogP contribution is -2.27. The van der Waals surface area contributed by atoms with Gasteiger partial charge in [0.25, 0.3) is 11.7 Å². The van der Waals surface area contributed by atoms with Gasteiger partial charge in [-0.3, -0.25) is 9.59 Å². The number of amides is 1. The molecule has 41 heavy (non-hydrogen) atoms. The van der Waals surface area contributed by atoms with E-state index in [4.69, 9.17) is 15.2 Å². The van der Waals surface area contributed by atoms with Crippen LogP contribution in [0.1, 0.15) is 101 Å². The number of fused-ring (bicyclic) bond motifs is 1. The highest BCUT2D eigenvalue weighted by Gasteiger charge is 2.26. The summed E-state index contributed by atoms with van der Waals surface area (Å²) in [4.78, 5) is 48.0. The molecule has 1 aromatic carbocycles. The number of ether oxygens (including phenoxy) is 3. The van der Waals surface area contributed by atoms with Gasteiger partial charge in [-0.15, -0.1) is 0 Å². The van der Waals surface area contributed by atoms with Crippen molar-refractivity contribution in [3.05, 3.63) is 29.5 Å². The van der Waals surface area contributed by atoms with Gasteiger partial charge in [-0.05, 0) is 64.4 Å². The van der Waals surface area contributed by atoms with Crippen molar-refractivity contribution in [2.24, 2.45) is 5.73 Å². The van der Waals surface area contributed by atoms with Crippen molar-refractivity contribution >= 4 is 45.6 Å². The molecule has 0 spiro atoms. The van der Waals surface area contributed by atoms with Crippen LogP contribution < -0.4 is 10.5 Å². The summed E-state index contributed by atoms with van der Waals surface area (Å²) in [6.07, 6.45) is 11.3. The Morgan fingerprint density at radius 2 is 1.49 bits per heavy atom. The molecule has 1 heterocycles. The Balaban J connectivity index is 1.90. The Labute approximate surface area is 247 Å². The number of rotatable bonds is 18. The van der Waals surface area contributed by atoms with Crippen LogP contribution in [-0.4, -0.2) is 52.6 Å². The molecule has 0 radical (unpaired) electrons. The molecule has 10 heteroatoms. The number of carbonyl (C=O) groups is 4. The quantitative estimate of drug-likeness (QED) is 0.0875. The maximum absolute atomic E-state index is 12.8. The number of benzene rings is 1. The van der Waals surface area contributed by atoms with Gasteiger partial charge in [0, 0.05) is 18.0 Å². The van der Waals surface area contributed by atoms with Gasteiger partial charge in [0.15, 0.2) is 6.61 Å². The number of thioether (sulfide) groups is 1. The molecule has 1 amide bonds. The Morgan fingerprint density at radius 3 is 2.05 bits per heavy atom. The minimum absolute atomic E-state index is 0.209. The maximum Gasteiger partial charge on any atom is 0.367 e. The van der Waals surface area contributed by atoms with Crippen LogP contribution in [0.2, 0.25) is 0 Å². The lowest BCUT2D eigenvalue weighted by molar-refractivity contribution is -0.157. The molecule has 2 aromatic rings. The molecule has 9 nitrogen and oxygen atoms in total. The Morgan fingerprint density at radius 1 is 0.902 bits per heavy atom. The monoisotopic (exact) mass is 590 g/mol. The summed E-state index contributed by atoms with van der Waals surface area (Å²) in [6.45, 7) is 7.50. The molecule has 0 fully saturated rings. The number of primary amides is 1. The third-order valence-corrected chi connectivity index (χ3v) is 7.59. The van der Waals surface area contributed by atoms with Gasteiger partial charge in [0.2, 0.25) is 0 Å². The number of ketones is 1.